The molecule has 0 aliphatic carbocycles. The van der Waals surface area contributed by atoms with Gasteiger partial charge in [-0.2, -0.15) is 0 Å². The van der Waals surface area contributed by atoms with Gasteiger partial charge in [0.2, 0.25) is 0 Å². The van der Waals surface area contributed by atoms with Crippen molar-refractivity contribution in [3.05, 3.63) is 24.4 Å². The largest absolute Gasteiger partial charge is 0.391 e. The zero-order chi connectivity index (χ0) is 12.8. The van der Waals surface area contributed by atoms with Crippen molar-refractivity contribution in [2.75, 3.05) is 18.8 Å². The van der Waals surface area contributed by atoms with Crippen LogP contribution in [0.4, 0.5) is 0 Å². The summed E-state index contributed by atoms with van der Waals surface area (Å²) in [5, 5.41) is 22.0. The predicted molar refractivity (Wildman–Crippen MR) is 72.9 cm³/mol. The van der Waals surface area contributed by atoms with E-state index in [1.165, 1.54) is 11.8 Å². The zero-order valence-electron chi connectivity index (χ0n) is 10.4. The van der Waals surface area contributed by atoms with Gasteiger partial charge < -0.3 is 10.4 Å². The van der Waals surface area contributed by atoms with Gasteiger partial charge in [0, 0.05) is 18.5 Å². The number of fused-ring (bicyclic) bond motifs is 1. The number of aliphatic hydroxyl groups is 1. The van der Waals surface area contributed by atoms with Gasteiger partial charge in [0.15, 0.2) is 10.8 Å². The van der Waals surface area contributed by atoms with Crippen LogP contribution in [0.1, 0.15) is 13.3 Å². The summed E-state index contributed by atoms with van der Waals surface area (Å²) in [6, 6.07) is 5.79. The minimum Gasteiger partial charge on any atom is -0.391 e. The number of nitrogens with zero attached hydrogens (tertiary/aromatic N) is 3. The fourth-order valence-corrected chi connectivity index (χ4v) is 2.44. The van der Waals surface area contributed by atoms with Crippen LogP contribution in [0.5, 0.6) is 0 Å². The second kappa shape index (κ2) is 6.72. The number of hydrogen-bond donors (Lipinski definition) is 2. The first kappa shape index (κ1) is 13.3. The molecule has 1 unspecified atom stereocenters. The van der Waals surface area contributed by atoms with E-state index in [1.807, 2.05) is 28.8 Å². The molecular formula is C12H18N4OS. The summed E-state index contributed by atoms with van der Waals surface area (Å²) in [5.74, 6) is 0.617. The summed E-state index contributed by atoms with van der Waals surface area (Å²) in [4.78, 5) is 0. The maximum absolute atomic E-state index is 9.81. The van der Waals surface area contributed by atoms with Gasteiger partial charge in [0.25, 0.3) is 0 Å². The van der Waals surface area contributed by atoms with Crippen molar-refractivity contribution in [1.82, 2.24) is 19.9 Å². The molecule has 0 aromatic carbocycles. The van der Waals surface area contributed by atoms with Gasteiger partial charge in [-0.1, -0.05) is 24.8 Å². The van der Waals surface area contributed by atoms with Crippen LogP contribution in [0.15, 0.2) is 29.6 Å². The van der Waals surface area contributed by atoms with Gasteiger partial charge in [-0.3, -0.25) is 4.40 Å². The molecule has 2 rings (SSSR count). The van der Waals surface area contributed by atoms with Gasteiger partial charge in [0.05, 0.1) is 6.10 Å². The SMILES string of the molecule is CCCNCC(O)CSc1nnc2ccccn12. The summed E-state index contributed by atoms with van der Waals surface area (Å²) in [6.45, 7) is 3.67. The molecule has 2 heterocycles. The lowest BCUT2D eigenvalue weighted by molar-refractivity contribution is 0.196. The van der Waals surface area contributed by atoms with E-state index < -0.39 is 0 Å². The Morgan fingerprint density at radius 2 is 2.33 bits per heavy atom. The zero-order valence-corrected chi connectivity index (χ0v) is 11.2. The van der Waals surface area contributed by atoms with Crippen molar-refractivity contribution in [2.24, 2.45) is 0 Å². The molecule has 0 radical (unpaired) electrons. The number of hydrogen-bond acceptors (Lipinski definition) is 5. The molecule has 6 heteroatoms. The Balaban J connectivity index is 1.86. The van der Waals surface area contributed by atoms with Gasteiger partial charge in [-0.15, -0.1) is 10.2 Å². The van der Waals surface area contributed by atoms with E-state index >= 15 is 0 Å². The molecule has 1 atom stereocenters. The fraction of sp³-hybridized carbons (Fsp3) is 0.500. The van der Waals surface area contributed by atoms with E-state index in [4.69, 9.17) is 0 Å². The van der Waals surface area contributed by atoms with Gasteiger partial charge in [-0.05, 0) is 25.1 Å². The Morgan fingerprint density at radius 3 is 3.17 bits per heavy atom. The van der Waals surface area contributed by atoms with Crippen molar-refractivity contribution in [2.45, 2.75) is 24.6 Å². The molecule has 18 heavy (non-hydrogen) atoms. The average molecular weight is 266 g/mol. The quantitative estimate of drug-likeness (QED) is 0.582. The molecule has 2 aromatic rings. The Morgan fingerprint density at radius 1 is 1.44 bits per heavy atom. The first-order valence-corrected chi connectivity index (χ1v) is 7.11. The number of nitrogens with one attached hydrogen (secondary N) is 1. The van der Waals surface area contributed by atoms with Gasteiger partial charge in [-0.25, -0.2) is 0 Å². The molecule has 0 aliphatic rings. The lowest BCUT2D eigenvalue weighted by atomic mass is 10.4. The third-order valence-electron chi connectivity index (χ3n) is 2.49. The molecule has 2 N–H and O–H groups in total. The molecule has 0 fully saturated rings. The highest BCUT2D eigenvalue weighted by atomic mass is 32.2. The summed E-state index contributed by atoms with van der Waals surface area (Å²) in [6.07, 6.45) is 2.64. The maximum atomic E-state index is 9.81. The first-order valence-electron chi connectivity index (χ1n) is 6.12. The molecule has 2 aromatic heterocycles. The Bertz CT molecular complexity index is 488. The fourth-order valence-electron chi connectivity index (χ4n) is 1.59. The molecule has 0 saturated carbocycles. The Labute approximate surface area is 111 Å². The third kappa shape index (κ3) is 3.44. The van der Waals surface area contributed by atoms with E-state index in [0.29, 0.717) is 12.3 Å². The van der Waals surface area contributed by atoms with Gasteiger partial charge >= 0.3 is 0 Å². The van der Waals surface area contributed by atoms with Crippen LogP contribution in [-0.2, 0) is 0 Å². The molecule has 0 aliphatic heterocycles. The van der Waals surface area contributed by atoms with E-state index in [0.717, 1.165) is 23.8 Å². The number of aliphatic hydroxyl groups excluding tert-OH is 1. The normalized spacial score (nSPS) is 13.0. The summed E-state index contributed by atoms with van der Waals surface area (Å²) in [7, 11) is 0. The van der Waals surface area contributed by atoms with Crippen LogP contribution in [0, 0.1) is 0 Å². The second-order valence-electron chi connectivity index (χ2n) is 4.08. The van der Waals surface area contributed by atoms with Crippen molar-refractivity contribution >= 4 is 17.4 Å². The molecule has 0 saturated heterocycles. The Hall–Kier alpha value is -1.11. The van der Waals surface area contributed by atoms with Crippen molar-refractivity contribution < 1.29 is 5.11 Å². The molecule has 5 nitrogen and oxygen atoms in total. The van der Waals surface area contributed by atoms with E-state index in [2.05, 4.69) is 22.4 Å². The highest BCUT2D eigenvalue weighted by Crippen LogP contribution is 2.17. The molecule has 0 amide bonds. The van der Waals surface area contributed by atoms with Crippen LogP contribution in [-0.4, -0.2) is 44.7 Å². The topological polar surface area (TPSA) is 62.5 Å². The van der Waals surface area contributed by atoms with Crippen LogP contribution < -0.4 is 5.32 Å². The van der Waals surface area contributed by atoms with Crippen molar-refractivity contribution in [3.63, 3.8) is 0 Å². The van der Waals surface area contributed by atoms with Crippen LogP contribution in [0.25, 0.3) is 5.65 Å². The number of rotatable bonds is 7. The predicted octanol–water partition coefficient (Wildman–Crippen LogP) is 1.18. The highest BCUT2D eigenvalue weighted by molar-refractivity contribution is 7.99. The van der Waals surface area contributed by atoms with Gasteiger partial charge in [0.1, 0.15) is 0 Å². The summed E-state index contributed by atoms with van der Waals surface area (Å²) in [5.41, 5.74) is 0.832. The Kier molecular flexibility index (Phi) is 4.98. The standard InChI is InChI=1S/C12H18N4OS/c1-2-6-13-8-10(17)9-18-12-15-14-11-5-3-4-7-16(11)12/h3-5,7,10,13,17H,2,6,8-9H2,1H3. The smallest absolute Gasteiger partial charge is 0.195 e. The third-order valence-corrected chi connectivity index (χ3v) is 3.58. The van der Waals surface area contributed by atoms with Crippen molar-refractivity contribution in [3.8, 4) is 0 Å². The van der Waals surface area contributed by atoms with E-state index in [1.54, 1.807) is 0 Å². The minimum atomic E-state index is -0.363. The van der Waals surface area contributed by atoms with E-state index in [-0.39, 0.29) is 6.10 Å². The number of aromatic nitrogens is 3. The minimum absolute atomic E-state index is 0.363. The number of thioether (sulfide) groups is 1. The first-order chi connectivity index (χ1) is 8.81. The summed E-state index contributed by atoms with van der Waals surface area (Å²) >= 11 is 1.52. The van der Waals surface area contributed by atoms with Crippen LogP contribution >= 0.6 is 11.8 Å². The summed E-state index contributed by atoms with van der Waals surface area (Å²) < 4.78 is 1.93. The lowest BCUT2D eigenvalue weighted by Crippen LogP contribution is -2.29. The van der Waals surface area contributed by atoms with Crippen LogP contribution in [0.3, 0.4) is 0 Å². The molecular weight excluding hydrogens is 248 g/mol. The molecule has 0 bridgehead atoms. The monoisotopic (exact) mass is 266 g/mol. The lowest BCUT2D eigenvalue weighted by Gasteiger charge is -2.10. The highest BCUT2D eigenvalue weighted by Gasteiger charge is 2.09. The van der Waals surface area contributed by atoms with Crippen molar-refractivity contribution in [1.29, 1.82) is 0 Å². The maximum Gasteiger partial charge on any atom is 0.195 e. The average Bonchev–Trinajstić information content (AvgIpc) is 2.80. The molecule has 98 valence electrons. The number of pyridine rings is 1. The van der Waals surface area contributed by atoms with Crippen LogP contribution in [0.2, 0.25) is 0 Å². The molecule has 0 spiro atoms. The van der Waals surface area contributed by atoms with E-state index in [9.17, 15) is 5.11 Å². The second-order valence-corrected chi connectivity index (χ2v) is 5.07.